The maximum atomic E-state index is 11.7. The summed E-state index contributed by atoms with van der Waals surface area (Å²) < 4.78 is 0. The average Bonchev–Trinajstić information content (AvgIpc) is 2.60. The van der Waals surface area contributed by atoms with Gasteiger partial charge in [-0.05, 0) is 39.0 Å². The van der Waals surface area contributed by atoms with Crippen LogP contribution in [0.5, 0.6) is 0 Å². The van der Waals surface area contributed by atoms with Crippen LogP contribution in [0.2, 0.25) is 0 Å². The van der Waals surface area contributed by atoms with Gasteiger partial charge in [0.05, 0.1) is 11.5 Å². The Bertz CT molecular complexity index is 304. The predicted molar refractivity (Wildman–Crippen MR) is 68.2 cm³/mol. The number of likely N-dealkylation sites (tertiary alicyclic amines) is 1. The summed E-state index contributed by atoms with van der Waals surface area (Å²) in [5, 5.41) is 8.92. The summed E-state index contributed by atoms with van der Waals surface area (Å²) in [5.41, 5.74) is -0.258. The molecule has 0 aromatic rings. The summed E-state index contributed by atoms with van der Waals surface area (Å²) in [6.07, 6.45) is 4.85. The van der Waals surface area contributed by atoms with Crippen LogP contribution in [-0.4, -0.2) is 23.9 Å². The zero-order valence-corrected chi connectivity index (χ0v) is 11.3. The van der Waals surface area contributed by atoms with E-state index in [4.69, 9.17) is 5.26 Å². The van der Waals surface area contributed by atoms with Crippen molar-refractivity contribution < 1.29 is 4.79 Å². The largest absolute Gasteiger partial charge is 0.342 e. The van der Waals surface area contributed by atoms with Crippen molar-refractivity contribution in [1.29, 1.82) is 5.26 Å². The van der Waals surface area contributed by atoms with Crippen molar-refractivity contribution in [3.8, 4) is 6.07 Å². The van der Waals surface area contributed by atoms with Gasteiger partial charge in [0.2, 0.25) is 5.91 Å². The molecule has 3 heteroatoms. The molecule has 1 rings (SSSR count). The third-order valence-electron chi connectivity index (χ3n) is 3.52. The first-order valence-electron chi connectivity index (χ1n) is 6.67. The van der Waals surface area contributed by atoms with Crippen molar-refractivity contribution in [3.05, 3.63) is 0 Å². The second-order valence-electron chi connectivity index (χ2n) is 5.80. The highest BCUT2D eigenvalue weighted by atomic mass is 16.2. The Morgan fingerprint density at radius 2 is 2.24 bits per heavy atom. The van der Waals surface area contributed by atoms with Gasteiger partial charge in [-0.15, -0.1) is 0 Å². The van der Waals surface area contributed by atoms with Gasteiger partial charge in [-0.3, -0.25) is 4.79 Å². The average molecular weight is 236 g/mol. The highest BCUT2D eigenvalue weighted by Gasteiger charge is 2.28. The Balaban J connectivity index is 2.29. The number of hydrogen-bond donors (Lipinski definition) is 0. The zero-order valence-electron chi connectivity index (χ0n) is 11.3. The fourth-order valence-corrected chi connectivity index (χ4v) is 2.44. The SMILES string of the molecule is CCCC1CC(=O)N(CCCC(C)(C)C#N)C1. The molecule has 1 fully saturated rings. The molecule has 1 aliphatic heterocycles. The van der Waals surface area contributed by atoms with E-state index in [0.29, 0.717) is 11.8 Å². The number of rotatable bonds is 6. The fourth-order valence-electron chi connectivity index (χ4n) is 2.44. The van der Waals surface area contributed by atoms with Crippen molar-refractivity contribution in [1.82, 2.24) is 4.90 Å². The Hall–Kier alpha value is -1.04. The minimum absolute atomic E-state index is 0.258. The van der Waals surface area contributed by atoms with Gasteiger partial charge >= 0.3 is 0 Å². The second-order valence-corrected chi connectivity index (χ2v) is 5.80. The molecule has 96 valence electrons. The highest BCUT2D eigenvalue weighted by molar-refractivity contribution is 5.78. The van der Waals surface area contributed by atoms with Crippen molar-refractivity contribution in [2.75, 3.05) is 13.1 Å². The lowest BCUT2D eigenvalue weighted by molar-refractivity contribution is -0.127. The maximum Gasteiger partial charge on any atom is 0.222 e. The monoisotopic (exact) mass is 236 g/mol. The number of hydrogen-bond acceptors (Lipinski definition) is 2. The Morgan fingerprint density at radius 1 is 1.53 bits per heavy atom. The lowest BCUT2D eigenvalue weighted by Gasteiger charge is -2.19. The molecule has 0 radical (unpaired) electrons. The number of carbonyl (C=O) groups excluding carboxylic acids is 1. The van der Waals surface area contributed by atoms with Gasteiger partial charge in [0.1, 0.15) is 0 Å². The molecule has 1 amide bonds. The number of nitriles is 1. The number of nitrogens with zero attached hydrogens (tertiary/aromatic N) is 2. The maximum absolute atomic E-state index is 11.7. The smallest absolute Gasteiger partial charge is 0.222 e. The molecule has 0 aromatic heterocycles. The molecule has 0 N–H and O–H groups in total. The minimum atomic E-state index is -0.258. The lowest BCUT2D eigenvalue weighted by Crippen LogP contribution is -2.27. The molecule has 3 nitrogen and oxygen atoms in total. The van der Waals surface area contributed by atoms with Crippen LogP contribution >= 0.6 is 0 Å². The van der Waals surface area contributed by atoms with E-state index < -0.39 is 0 Å². The first-order valence-corrected chi connectivity index (χ1v) is 6.67. The van der Waals surface area contributed by atoms with E-state index in [0.717, 1.165) is 45.2 Å². The van der Waals surface area contributed by atoms with Crippen LogP contribution in [0.25, 0.3) is 0 Å². The van der Waals surface area contributed by atoms with E-state index in [1.807, 2.05) is 18.7 Å². The van der Waals surface area contributed by atoms with Crippen molar-refractivity contribution in [3.63, 3.8) is 0 Å². The number of carbonyl (C=O) groups is 1. The van der Waals surface area contributed by atoms with Crippen LogP contribution < -0.4 is 0 Å². The molecule has 17 heavy (non-hydrogen) atoms. The topological polar surface area (TPSA) is 44.1 Å². The summed E-state index contributed by atoms with van der Waals surface area (Å²) >= 11 is 0. The molecule has 0 aromatic carbocycles. The van der Waals surface area contributed by atoms with E-state index in [1.165, 1.54) is 0 Å². The van der Waals surface area contributed by atoms with Gasteiger partial charge in [-0.2, -0.15) is 5.26 Å². The van der Waals surface area contributed by atoms with Crippen LogP contribution in [0.15, 0.2) is 0 Å². The van der Waals surface area contributed by atoms with Crippen molar-refractivity contribution in [2.24, 2.45) is 11.3 Å². The molecule has 0 spiro atoms. The van der Waals surface area contributed by atoms with E-state index >= 15 is 0 Å². The molecule has 0 aliphatic carbocycles. The Labute approximate surface area is 105 Å². The first-order chi connectivity index (χ1) is 7.98. The summed E-state index contributed by atoms with van der Waals surface area (Å²) in [5.74, 6) is 0.870. The quantitative estimate of drug-likeness (QED) is 0.711. The summed E-state index contributed by atoms with van der Waals surface area (Å²) in [7, 11) is 0. The molecule has 1 saturated heterocycles. The molecule has 0 saturated carbocycles. The van der Waals surface area contributed by atoms with Crippen LogP contribution in [0.4, 0.5) is 0 Å². The molecular formula is C14H24N2O. The third kappa shape index (κ3) is 4.38. The summed E-state index contributed by atoms with van der Waals surface area (Å²) in [6, 6.07) is 2.30. The molecular weight excluding hydrogens is 212 g/mol. The van der Waals surface area contributed by atoms with Crippen LogP contribution in [-0.2, 0) is 4.79 Å². The second kappa shape index (κ2) is 6.05. The zero-order chi connectivity index (χ0) is 12.9. The van der Waals surface area contributed by atoms with E-state index in [-0.39, 0.29) is 5.41 Å². The van der Waals surface area contributed by atoms with E-state index in [9.17, 15) is 4.79 Å². The van der Waals surface area contributed by atoms with Gasteiger partial charge in [0.25, 0.3) is 0 Å². The minimum Gasteiger partial charge on any atom is -0.342 e. The molecule has 0 bridgehead atoms. The number of amides is 1. The van der Waals surface area contributed by atoms with Crippen molar-refractivity contribution in [2.45, 2.75) is 52.9 Å². The highest BCUT2D eigenvalue weighted by Crippen LogP contribution is 2.25. The van der Waals surface area contributed by atoms with Crippen LogP contribution in [0, 0.1) is 22.7 Å². The Morgan fingerprint density at radius 3 is 2.82 bits per heavy atom. The fraction of sp³-hybridized carbons (Fsp3) is 0.857. The summed E-state index contributed by atoms with van der Waals surface area (Å²) in [4.78, 5) is 13.7. The van der Waals surface area contributed by atoms with Crippen LogP contribution in [0.1, 0.15) is 52.9 Å². The lowest BCUT2D eigenvalue weighted by atomic mass is 9.90. The molecule has 1 atom stereocenters. The predicted octanol–water partition coefficient (Wildman–Crippen LogP) is 2.96. The van der Waals surface area contributed by atoms with Crippen molar-refractivity contribution >= 4 is 5.91 Å². The molecule has 1 unspecified atom stereocenters. The van der Waals surface area contributed by atoms with E-state index in [2.05, 4.69) is 13.0 Å². The Kier molecular flexibility index (Phi) is 4.99. The molecule has 1 aliphatic rings. The molecule has 1 heterocycles. The summed E-state index contributed by atoms with van der Waals surface area (Å²) in [6.45, 7) is 7.84. The normalized spacial score (nSPS) is 20.7. The van der Waals surface area contributed by atoms with E-state index in [1.54, 1.807) is 0 Å². The third-order valence-corrected chi connectivity index (χ3v) is 3.52. The standard InChI is InChI=1S/C14H24N2O/c1-4-6-12-9-13(17)16(10-12)8-5-7-14(2,3)11-15/h12H,4-10H2,1-3H3. The van der Waals surface area contributed by atoms with Crippen LogP contribution in [0.3, 0.4) is 0 Å². The van der Waals surface area contributed by atoms with Gasteiger partial charge in [-0.25, -0.2) is 0 Å². The first kappa shape index (κ1) is 14.0. The van der Waals surface area contributed by atoms with Gasteiger partial charge < -0.3 is 4.90 Å². The van der Waals surface area contributed by atoms with Gasteiger partial charge in [0, 0.05) is 19.5 Å². The van der Waals surface area contributed by atoms with Gasteiger partial charge in [-0.1, -0.05) is 13.3 Å². The van der Waals surface area contributed by atoms with Gasteiger partial charge in [0.15, 0.2) is 0 Å².